The highest BCUT2D eigenvalue weighted by Crippen LogP contribution is 2.27. The Balaban J connectivity index is 1.38. The minimum absolute atomic E-state index is 0.357. The van der Waals surface area contributed by atoms with Crippen molar-refractivity contribution in [2.75, 3.05) is 13.1 Å². The Morgan fingerprint density at radius 3 is 2.96 bits per heavy atom. The van der Waals surface area contributed by atoms with Gasteiger partial charge in [-0.1, -0.05) is 6.07 Å². The van der Waals surface area contributed by atoms with Crippen LogP contribution in [0.25, 0.3) is 16.8 Å². The molecule has 4 aromatic rings. The highest BCUT2D eigenvalue weighted by atomic mass is 16.3. The molecule has 0 radical (unpaired) electrons. The normalized spacial score (nSPS) is 18.1. The first-order valence-electron chi connectivity index (χ1n) is 9.36. The molecule has 5 rings (SSSR count). The van der Waals surface area contributed by atoms with E-state index in [9.17, 15) is 0 Å². The highest BCUT2D eigenvalue weighted by Gasteiger charge is 2.25. The molecule has 1 fully saturated rings. The zero-order valence-corrected chi connectivity index (χ0v) is 15.0. The van der Waals surface area contributed by atoms with E-state index < -0.39 is 0 Å². The first-order valence-corrected chi connectivity index (χ1v) is 9.36. The van der Waals surface area contributed by atoms with Crippen LogP contribution in [0.1, 0.15) is 30.3 Å². The summed E-state index contributed by atoms with van der Waals surface area (Å²) in [6, 6.07) is 12.1. The van der Waals surface area contributed by atoms with Gasteiger partial charge in [0.25, 0.3) is 0 Å². The highest BCUT2D eigenvalue weighted by molar-refractivity contribution is 5.63. The molecule has 0 bridgehead atoms. The van der Waals surface area contributed by atoms with Gasteiger partial charge >= 0.3 is 0 Å². The van der Waals surface area contributed by atoms with E-state index in [1.165, 1.54) is 0 Å². The van der Waals surface area contributed by atoms with Gasteiger partial charge in [0.2, 0.25) is 0 Å². The summed E-state index contributed by atoms with van der Waals surface area (Å²) in [7, 11) is 0. The monoisotopic (exact) mass is 359 g/mol. The van der Waals surface area contributed by atoms with Gasteiger partial charge in [-0.05, 0) is 49.7 Å². The fourth-order valence-electron chi connectivity index (χ4n) is 3.81. The summed E-state index contributed by atoms with van der Waals surface area (Å²) in [4.78, 5) is 11.4. The molecule has 5 heterocycles. The summed E-state index contributed by atoms with van der Waals surface area (Å²) in [6.45, 7) is 2.91. The molecule has 0 N–H and O–H groups in total. The van der Waals surface area contributed by atoms with Crippen LogP contribution in [0.5, 0.6) is 0 Å². The lowest BCUT2D eigenvalue weighted by Crippen LogP contribution is -2.34. The molecule has 0 aromatic carbocycles. The van der Waals surface area contributed by atoms with Crippen LogP contribution in [0, 0.1) is 0 Å². The van der Waals surface area contributed by atoms with Crippen LogP contribution in [-0.4, -0.2) is 37.6 Å². The number of likely N-dealkylation sites (tertiary alicyclic amines) is 1. The van der Waals surface area contributed by atoms with Crippen molar-refractivity contribution in [3.63, 3.8) is 0 Å². The van der Waals surface area contributed by atoms with E-state index >= 15 is 0 Å². The maximum Gasteiger partial charge on any atom is 0.156 e. The topological polar surface area (TPSA) is 59.5 Å². The van der Waals surface area contributed by atoms with Crippen molar-refractivity contribution in [3.8, 4) is 11.1 Å². The number of hydrogen-bond acceptors (Lipinski definition) is 5. The molecular weight excluding hydrogens is 338 g/mol. The number of furan rings is 1. The molecule has 0 spiro atoms. The van der Waals surface area contributed by atoms with Gasteiger partial charge in [-0.25, -0.2) is 9.50 Å². The lowest BCUT2D eigenvalue weighted by molar-refractivity contribution is 0.183. The molecule has 27 heavy (non-hydrogen) atoms. The third-order valence-electron chi connectivity index (χ3n) is 5.17. The minimum atomic E-state index is 0.357. The number of rotatable bonds is 4. The SMILES string of the molecule is c1cncc(-c2ccc3nc(C4CCCN(Cc5ccco5)C4)nn3c2)c1. The second-order valence-corrected chi connectivity index (χ2v) is 7.09. The second-order valence-electron chi connectivity index (χ2n) is 7.09. The third kappa shape index (κ3) is 3.36. The first-order chi connectivity index (χ1) is 13.3. The van der Waals surface area contributed by atoms with Crippen molar-refractivity contribution in [2.45, 2.75) is 25.3 Å². The van der Waals surface area contributed by atoms with E-state index in [1.807, 2.05) is 41.2 Å². The van der Waals surface area contributed by atoms with Crippen molar-refractivity contribution >= 4 is 5.65 Å². The van der Waals surface area contributed by atoms with E-state index in [-0.39, 0.29) is 0 Å². The summed E-state index contributed by atoms with van der Waals surface area (Å²) in [5.74, 6) is 2.30. The lowest BCUT2D eigenvalue weighted by Gasteiger charge is -2.30. The van der Waals surface area contributed by atoms with Crippen LogP contribution in [0.4, 0.5) is 0 Å². The molecule has 136 valence electrons. The van der Waals surface area contributed by atoms with Crippen LogP contribution < -0.4 is 0 Å². The molecule has 1 aliphatic heterocycles. The number of aromatic nitrogens is 4. The van der Waals surface area contributed by atoms with Gasteiger partial charge in [-0.15, -0.1) is 0 Å². The Bertz CT molecular complexity index is 1030. The molecule has 4 aromatic heterocycles. The maximum absolute atomic E-state index is 5.50. The van der Waals surface area contributed by atoms with Gasteiger partial charge in [0.05, 0.1) is 12.8 Å². The lowest BCUT2D eigenvalue weighted by atomic mass is 9.97. The minimum Gasteiger partial charge on any atom is -0.468 e. The molecule has 1 atom stereocenters. The van der Waals surface area contributed by atoms with Gasteiger partial charge in [0.1, 0.15) is 5.76 Å². The second kappa shape index (κ2) is 6.96. The van der Waals surface area contributed by atoms with Crippen LogP contribution in [0.15, 0.2) is 65.7 Å². The van der Waals surface area contributed by atoms with E-state index in [4.69, 9.17) is 14.5 Å². The fourth-order valence-corrected chi connectivity index (χ4v) is 3.81. The van der Waals surface area contributed by atoms with Crippen molar-refractivity contribution in [2.24, 2.45) is 0 Å². The van der Waals surface area contributed by atoms with Crippen molar-refractivity contribution in [1.29, 1.82) is 0 Å². The summed E-state index contributed by atoms with van der Waals surface area (Å²) in [5, 5.41) is 4.79. The Labute approximate surface area is 157 Å². The van der Waals surface area contributed by atoms with Crippen molar-refractivity contribution in [1.82, 2.24) is 24.5 Å². The quantitative estimate of drug-likeness (QED) is 0.555. The number of hydrogen-bond donors (Lipinski definition) is 0. The van der Waals surface area contributed by atoms with Gasteiger partial charge < -0.3 is 4.42 Å². The predicted octanol–water partition coefficient (Wildman–Crippen LogP) is 3.76. The molecule has 6 heteroatoms. The molecule has 0 amide bonds. The van der Waals surface area contributed by atoms with Crippen LogP contribution in [0.2, 0.25) is 0 Å². The van der Waals surface area contributed by atoms with Crippen molar-refractivity contribution < 1.29 is 4.42 Å². The smallest absolute Gasteiger partial charge is 0.156 e. The zero-order valence-electron chi connectivity index (χ0n) is 15.0. The van der Waals surface area contributed by atoms with Crippen LogP contribution >= 0.6 is 0 Å². The molecule has 1 saturated heterocycles. The van der Waals surface area contributed by atoms with Gasteiger partial charge in [0.15, 0.2) is 11.5 Å². The van der Waals surface area contributed by atoms with Crippen molar-refractivity contribution in [3.05, 3.63) is 72.8 Å². The maximum atomic E-state index is 5.50. The molecule has 6 nitrogen and oxygen atoms in total. The Morgan fingerprint density at radius 2 is 2.11 bits per heavy atom. The zero-order chi connectivity index (χ0) is 18.1. The van der Waals surface area contributed by atoms with Gasteiger partial charge in [-0.3, -0.25) is 9.88 Å². The summed E-state index contributed by atoms with van der Waals surface area (Å²) in [6.07, 6.45) is 9.70. The van der Waals surface area contributed by atoms with E-state index in [0.29, 0.717) is 5.92 Å². The fraction of sp³-hybridized carbons (Fsp3) is 0.286. The van der Waals surface area contributed by atoms with Crippen LogP contribution in [-0.2, 0) is 6.54 Å². The summed E-state index contributed by atoms with van der Waals surface area (Å²) < 4.78 is 7.39. The Morgan fingerprint density at radius 1 is 1.11 bits per heavy atom. The number of fused-ring (bicyclic) bond motifs is 1. The number of piperidine rings is 1. The van der Waals surface area contributed by atoms with E-state index in [0.717, 1.165) is 60.8 Å². The average molecular weight is 359 g/mol. The average Bonchev–Trinajstić information content (AvgIpc) is 3.38. The summed E-state index contributed by atoms with van der Waals surface area (Å²) in [5.41, 5.74) is 3.06. The van der Waals surface area contributed by atoms with E-state index in [1.54, 1.807) is 12.5 Å². The molecule has 1 aliphatic rings. The Kier molecular flexibility index (Phi) is 4.18. The molecular formula is C21H21N5O. The standard InChI is InChI=1S/C21H21N5O/c1-4-16(12-22-9-1)17-7-8-20-23-21(24-26(20)14-17)18-5-2-10-25(13-18)15-19-6-3-11-27-19/h1,3-4,6-9,11-12,14,18H,2,5,10,13,15H2. The first kappa shape index (κ1) is 16.2. The van der Waals surface area contributed by atoms with Gasteiger partial charge in [0, 0.05) is 42.2 Å². The van der Waals surface area contributed by atoms with Crippen LogP contribution in [0.3, 0.4) is 0 Å². The third-order valence-corrected chi connectivity index (χ3v) is 5.17. The molecule has 0 saturated carbocycles. The number of nitrogens with zero attached hydrogens (tertiary/aromatic N) is 5. The van der Waals surface area contributed by atoms with Gasteiger partial charge in [-0.2, -0.15) is 5.10 Å². The molecule has 1 unspecified atom stereocenters. The largest absolute Gasteiger partial charge is 0.468 e. The molecule has 0 aliphatic carbocycles. The number of pyridine rings is 2. The summed E-state index contributed by atoms with van der Waals surface area (Å²) >= 11 is 0. The Hall–Kier alpha value is -2.99. The van der Waals surface area contributed by atoms with E-state index in [2.05, 4.69) is 22.0 Å². The predicted molar refractivity (Wildman–Crippen MR) is 102 cm³/mol.